The van der Waals surface area contributed by atoms with Crippen LogP contribution in [0, 0.1) is 31.6 Å². The van der Waals surface area contributed by atoms with Crippen LogP contribution in [0.5, 0.6) is 0 Å². The Kier molecular flexibility index (Phi) is 29.0. The van der Waals surface area contributed by atoms with Crippen molar-refractivity contribution in [3.8, 4) is 66.8 Å². The quantitative estimate of drug-likeness (QED) is 0.0283. The molecule has 0 N–H and O–H groups in total. The van der Waals surface area contributed by atoms with Gasteiger partial charge < -0.3 is 18.9 Å². The lowest BCUT2D eigenvalue weighted by atomic mass is 9.69. The second kappa shape index (κ2) is 40.2. The number of fused-ring (bicyclic) bond motifs is 9. The SMILES string of the molecule is CCCCCCC1(CCCCCC)c2cc(-c3ccccc3)ccc2-c2ccc(-c3ccc4c(c3)C(CCCCCCOCC3(C)COC3)(CCCCCCOCC3(C)COC3)c3cc(C)ccc3-4)cc21.CCCCCCC1(CCCCCC)c2cc(C)ccc2-c2ccc(-c3ccc4ccc5cccc6ccc3c4c56)cc21.Cc1ccccc1. The lowest BCUT2D eigenvalue weighted by Gasteiger charge is -2.37. The van der Waals surface area contributed by atoms with Crippen molar-refractivity contribution in [3.05, 3.63) is 275 Å². The monoisotopic (exact) mass is 1600 g/mol. The van der Waals surface area contributed by atoms with E-state index in [1.165, 1.54) is 296 Å². The summed E-state index contributed by atoms with van der Waals surface area (Å²) in [5.41, 5.74) is 31.0. The third-order valence-corrected chi connectivity index (χ3v) is 28.4. The smallest absolute Gasteiger partial charge is 0.0564 e. The average molecular weight is 1600 g/mol. The Labute approximate surface area is 722 Å². The van der Waals surface area contributed by atoms with E-state index < -0.39 is 0 Å². The van der Waals surface area contributed by atoms with Crippen molar-refractivity contribution in [1.82, 2.24) is 0 Å². The number of ether oxygens (including phenoxy) is 4. The van der Waals surface area contributed by atoms with E-state index in [4.69, 9.17) is 18.9 Å². The summed E-state index contributed by atoms with van der Waals surface area (Å²) in [5.74, 6) is 0. The molecule has 17 rings (SSSR count). The second-order valence-electron chi connectivity index (χ2n) is 38.2. The van der Waals surface area contributed by atoms with Crippen molar-refractivity contribution in [1.29, 1.82) is 0 Å². The van der Waals surface area contributed by atoms with Gasteiger partial charge in [0.25, 0.3) is 0 Å². The number of aryl methyl sites for hydroxylation is 3. The van der Waals surface area contributed by atoms with Gasteiger partial charge in [0.05, 0.1) is 39.6 Å². The van der Waals surface area contributed by atoms with Crippen LogP contribution in [0.4, 0.5) is 0 Å². The van der Waals surface area contributed by atoms with E-state index in [1.807, 2.05) is 18.2 Å². The molecule has 12 aromatic rings. The Hall–Kier alpha value is -8.48. The van der Waals surface area contributed by atoms with Crippen LogP contribution in [0.3, 0.4) is 0 Å². The molecule has 0 radical (unpaired) electrons. The molecule has 0 unspecified atom stereocenters. The van der Waals surface area contributed by atoms with Gasteiger partial charge in [-0.3, -0.25) is 0 Å². The predicted octanol–water partition coefficient (Wildman–Crippen LogP) is 32.6. The highest BCUT2D eigenvalue weighted by molar-refractivity contribution is 6.25. The van der Waals surface area contributed by atoms with Crippen molar-refractivity contribution in [2.75, 3.05) is 52.9 Å². The van der Waals surface area contributed by atoms with Crippen LogP contribution in [0.15, 0.2) is 224 Å². The Morgan fingerprint density at radius 2 is 0.575 bits per heavy atom. The van der Waals surface area contributed by atoms with Crippen molar-refractivity contribution in [2.24, 2.45) is 10.8 Å². The number of hydrogen-bond acceptors (Lipinski definition) is 4. The van der Waals surface area contributed by atoms with E-state index in [0.29, 0.717) is 0 Å². The number of hydrogen-bond donors (Lipinski definition) is 0. The standard InChI is InChI=1S/C67H88O4.C42H44.C7H8/c1-6-8-10-19-35-67(36-20-11-9-7-2)61-42-53(52-25-17-16-18-26-52)28-32-58(61)59-34-30-55(44-63(59)67)54-29-33-57-56-31-27-51(3)41-60(56)66(62(57)43-54,37-21-12-14-23-39-68-45-64(4)47-70-48-64)38-22-13-15-24-40-69-46-65(5)49-71-50-65;1-4-6-8-10-25-42(26-11-9-7-5-2)38-27-29(3)15-21-35(38)36-23-20-33(28-39(36)42)34-22-18-32-17-16-30-13-12-14-31-19-24-37(34)41(32)40(30)31;1-7-5-3-2-4-6-7/h16-18,25-34,41-44H,6-15,19-24,35-40,45-50H2,1-5H3;12-24,27-28H,4-11,25-26H2,1-3H3;2-6H,1H3. The Bertz CT molecular complexity index is 5250. The second-order valence-corrected chi connectivity index (χ2v) is 38.2. The van der Waals surface area contributed by atoms with Crippen LogP contribution in [0.1, 0.15) is 284 Å². The zero-order valence-electron chi connectivity index (χ0n) is 74.9. The van der Waals surface area contributed by atoms with Crippen molar-refractivity contribution < 1.29 is 18.9 Å². The van der Waals surface area contributed by atoms with E-state index in [9.17, 15) is 0 Å². The van der Waals surface area contributed by atoms with E-state index >= 15 is 0 Å². The first-order valence-electron chi connectivity index (χ1n) is 47.6. The number of benzene rings is 12. The molecule has 628 valence electrons. The summed E-state index contributed by atoms with van der Waals surface area (Å²) < 4.78 is 23.3. The highest BCUT2D eigenvalue weighted by Gasteiger charge is 2.47. The van der Waals surface area contributed by atoms with E-state index in [1.54, 1.807) is 33.4 Å². The van der Waals surface area contributed by atoms with Crippen molar-refractivity contribution in [2.45, 2.75) is 271 Å². The molecule has 4 heteroatoms. The van der Waals surface area contributed by atoms with Crippen molar-refractivity contribution >= 4 is 32.3 Å². The molecule has 0 bridgehead atoms. The van der Waals surface area contributed by atoms with Crippen LogP contribution in [-0.4, -0.2) is 52.9 Å². The van der Waals surface area contributed by atoms with Crippen LogP contribution in [0.2, 0.25) is 0 Å². The van der Waals surface area contributed by atoms with Crippen LogP contribution in [-0.2, 0) is 35.2 Å². The fraction of sp³-hybridized carbons (Fsp3) is 0.448. The fourth-order valence-electron chi connectivity index (χ4n) is 21.7. The molecule has 0 aromatic heterocycles. The molecule has 2 aliphatic heterocycles. The van der Waals surface area contributed by atoms with Gasteiger partial charge in [0.2, 0.25) is 0 Å². The van der Waals surface area contributed by atoms with Gasteiger partial charge >= 0.3 is 0 Å². The number of rotatable bonds is 41. The molecule has 3 aliphatic carbocycles. The Morgan fingerprint density at radius 1 is 0.258 bits per heavy atom. The third-order valence-electron chi connectivity index (χ3n) is 28.4. The maximum atomic E-state index is 6.17. The predicted molar refractivity (Wildman–Crippen MR) is 513 cm³/mol. The van der Waals surface area contributed by atoms with Gasteiger partial charge in [0.1, 0.15) is 0 Å². The topological polar surface area (TPSA) is 36.9 Å². The highest BCUT2D eigenvalue weighted by Crippen LogP contribution is 2.60. The largest absolute Gasteiger partial charge is 0.381 e. The first-order valence-corrected chi connectivity index (χ1v) is 47.6. The molecule has 4 nitrogen and oxygen atoms in total. The molecule has 120 heavy (non-hydrogen) atoms. The molecule has 0 atom stereocenters. The van der Waals surface area contributed by atoms with Crippen LogP contribution < -0.4 is 0 Å². The van der Waals surface area contributed by atoms with Gasteiger partial charge in [0, 0.05) is 40.3 Å². The first-order chi connectivity index (χ1) is 58.7. The minimum absolute atomic E-state index is 0.00439. The van der Waals surface area contributed by atoms with E-state index in [0.717, 1.165) is 65.7 Å². The van der Waals surface area contributed by atoms with Gasteiger partial charge in [-0.25, -0.2) is 0 Å². The van der Waals surface area contributed by atoms with Gasteiger partial charge in [-0.1, -0.05) is 400 Å². The molecular formula is C116H140O4. The minimum Gasteiger partial charge on any atom is -0.381 e. The summed E-state index contributed by atoms with van der Waals surface area (Å²) in [6.45, 7) is 27.2. The molecule has 2 heterocycles. The fourth-order valence-corrected chi connectivity index (χ4v) is 21.7. The molecule has 0 spiro atoms. The zero-order valence-corrected chi connectivity index (χ0v) is 74.9. The molecule has 5 aliphatic rings. The molecule has 2 saturated heterocycles. The maximum absolute atomic E-state index is 6.17. The van der Waals surface area contributed by atoms with Crippen molar-refractivity contribution in [3.63, 3.8) is 0 Å². The lowest BCUT2D eigenvalue weighted by molar-refractivity contribution is -0.137. The summed E-state index contributed by atoms with van der Waals surface area (Å²) in [5, 5.41) is 8.19. The van der Waals surface area contributed by atoms with Crippen LogP contribution >= 0.6 is 0 Å². The first kappa shape index (κ1) is 86.5. The summed E-state index contributed by atoms with van der Waals surface area (Å²) in [7, 11) is 0. The summed E-state index contributed by atoms with van der Waals surface area (Å²) in [6, 6.07) is 86.9. The van der Waals surface area contributed by atoms with Gasteiger partial charge in [0.15, 0.2) is 0 Å². The molecular weight excluding hydrogens is 1460 g/mol. The normalized spacial score (nSPS) is 15.5. The number of unbranched alkanes of at least 4 members (excludes halogenated alkanes) is 18. The lowest BCUT2D eigenvalue weighted by Crippen LogP contribution is -2.43. The Balaban J connectivity index is 0.000000192. The summed E-state index contributed by atoms with van der Waals surface area (Å²) in [4.78, 5) is 0. The summed E-state index contributed by atoms with van der Waals surface area (Å²) >= 11 is 0. The van der Waals surface area contributed by atoms with E-state index in [-0.39, 0.29) is 27.1 Å². The molecule has 0 amide bonds. The van der Waals surface area contributed by atoms with Gasteiger partial charge in [-0.15, -0.1) is 0 Å². The molecule has 0 saturated carbocycles. The van der Waals surface area contributed by atoms with Crippen LogP contribution in [0.25, 0.3) is 99.1 Å². The minimum atomic E-state index is -0.0134. The van der Waals surface area contributed by atoms with Gasteiger partial charge in [-0.2, -0.15) is 0 Å². The van der Waals surface area contributed by atoms with E-state index in [2.05, 4.69) is 269 Å². The molecule has 2 fully saturated rings. The molecule has 12 aromatic carbocycles. The summed E-state index contributed by atoms with van der Waals surface area (Å²) in [6.07, 6.45) is 37.7. The zero-order chi connectivity index (χ0) is 82.9. The highest BCUT2D eigenvalue weighted by atomic mass is 16.5. The average Bonchev–Trinajstić information content (AvgIpc) is 1.49. The third kappa shape index (κ3) is 19.0. The maximum Gasteiger partial charge on any atom is 0.0564 e. The van der Waals surface area contributed by atoms with Gasteiger partial charge in [-0.05, 0) is 229 Å². The Morgan fingerprint density at radius 3 is 0.950 bits per heavy atom.